The number of hydrogen-bond donors (Lipinski definition) is 0. The molecule has 0 aromatic heterocycles. The summed E-state index contributed by atoms with van der Waals surface area (Å²) >= 11 is 0. The smallest absolute Gasteiger partial charge is 0.289 e. The van der Waals surface area contributed by atoms with Gasteiger partial charge in [0.2, 0.25) is 9.76 Å². The number of hydrogen-bond acceptors (Lipinski definition) is 3. The summed E-state index contributed by atoms with van der Waals surface area (Å²) in [6, 6.07) is 0. The van der Waals surface area contributed by atoms with E-state index in [-0.39, 0.29) is 15.7 Å². The van der Waals surface area contributed by atoms with E-state index in [0.717, 1.165) is 0 Å². The minimum atomic E-state index is -0.684. The molecule has 54 valence electrons. The van der Waals surface area contributed by atoms with Gasteiger partial charge in [0.05, 0.1) is 6.23 Å². The molecule has 0 bridgehead atoms. The van der Waals surface area contributed by atoms with Gasteiger partial charge in [-0.1, -0.05) is 6.55 Å². The highest BCUT2D eigenvalue weighted by Crippen LogP contribution is 1.73. The van der Waals surface area contributed by atoms with Gasteiger partial charge in [-0.3, -0.25) is 4.79 Å². The summed E-state index contributed by atoms with van der Waals surface area (Å²) in [5.74, 6) is -0.178. The molecule has 5 heteroatoms. The van der Waals surface area contributed by atoms with Crippen molar-refractivity contribution in [3.8, 4) is 0 Å². The molecule has 0 aromatic rings. The van der Waals surface area contributed by atoms with E-state index in [0.29, 0.717) is 6.23 Å². The van der Waals surface area contributed by atoms with E-state index in [4.69, 9.17) is 8.85 Å². The maximum absolute atomic E-state index is 10.2. The lowest BCUT2D eigenvalue weighted by molar-refractivity contribution is -0.132. The van der Waals surface area contributed by atoms with Crippen LogP contribution >= 0.6 is 0 Å². The summed E-state index contributed by atoms with van der Waals surface area (Å²) < 4.78 is 9.85. The zero-order chi connectivity index (χ0) is 7.11. The minimum absolute atomic E-state index is 0.178. The van der Waals surface area contributed by atoms with Crippen LogP contribution in [-0.2, 0) is 13.6 Å². The van der Waals surface area contributed by atoms with Crippen molar-refractivity contribution in [1.29, 1.82) is 0 Å². The fraction of sp³-hybridized carbons (Fsp3) is 0.750. The van der Waals surface area contributed by atoms with E-state index in [1.807, 2.05) is 0 Å². The van der Waals surface area contributed by atoms with Crippen LogP contribution in [0.4, 0.5) is 0 Å². The monoisotopic (exact) mass is 164 g/mol. The third-order valence-corrected chi connectivity index (χ3v) is 3.08. The third kappa shape index (κ3) is 7.86. The molecule has 0 N–H and O–H groups in total. The van der Waals surface area contributed by atoms with Crippen molar-refractivity contribution in [2.24, 2.45) is 0 Å². The topological polar surface area (TPSA) is 35.5 Å². The van der Waals surface area contributed by atoms with Crippen LogP contribution in [0, 0.1) is 0 Å². The lowest BCUT2D eigenvalue weighted by Gasteiger charge is -1.99. The molecule has 0 radical (unpaired) electrons. The van der Waals surface area contributed by atoms with E-state index < -0.39 is 9.76 Å². The number of carbonyl (C=O) groups is 1. The minimum Gasteiger partial charge on any atom is -0.523 e. The largest absolute Gasteiger partial charge is 0.523 e. The van der Waals surface area contributed by atoms with Crippen LogP contribution in [0.15, 0.2) is 0 Å². The molecule has 0 aliphatic rings. The molecule has 0 heterocycles. The summed E-state index contributed by atoms with van der Waals surface area (Å²) in [5.41, 5.74) is 0. The van der Waals surface area contributed by atoms with Gasteiger partial charge in [0.25, 0.3) is 5.97 Å². The fourth-order valence-corrected chi connectivity index (χ4v) is 2.39. The average molecular weight is 164 g/mol. The van der Waals surface area contributed by atoms with Crippen molar-refractivity contribution in [1.82, 2.24) is 0 Å². The van der Waals surface area contributed by atoms with Gasteiger partial charge >= 0.3 is 0 Å². The Morgan fingerprint density at radius 3 is 2.78 bits per heavy atom. The van der Waals surface area contributed by atoms with E-state index in [2.05, 4.69) is 6.55 Å². The molecule has 9 heavy (non-hydrogen) atoms. The first-order chi connectivity index (χ1) is 4.27. The summed E-state index contributed by atoms with van der Waals surface area (Å²) in [4.78, 5) is 10.2. The molecule has 0 saturated heterocycles. The van der Waals surface area contributed by atoms with Gasteiger partial charge in [0.1, 0.15) is 0 Å². The van der Waals surface area contributed by atoms with Gasteiger partial charge in [0.15, 0.2) is 9.76 Å². The second-order valence-electron chi connectivity index (χ2n) is 1.54. The van der Waals surface area contributed by atoms with Gasteiger partial charge in [-0.15, -0.1) is 0 Å². The number of rotatable bonds is 4. The van der Waals surface area contributed by atoms with E-state index >= 15 is 0 Å². The van der Waals surface area contributed by atoms with Gasteiger partial charge in [-0.25, -0.2) is 0 Å². The van der Waals surface area contributed by atoms with E-state index in [1.54, 1.807) is 0 Å². The molecule has 0 aliphatic heterocycles. The van der Waals surface area contributed by atoms with Crippen LogP contribution in [0.2, 0.25) is 6.55 Å². The Balaban J connectivity index is 2.83. The van der Waals surface area contributed by atoms with Gasteiger partial charge in [0, 0.05) is 6.92 Å². The van der Waals surface area contributed by atoms with E-state index in [1.165, 1.54) is 6.92 Å². The first kappa shape index (κ1) is 8.86. The highest BCUT2D eigenvalue weighted by Gasteiger charge is 1.91. The van der Waals surface area contributed by atoms with Crippen LogP contribution in [0.25, 0.3) is 0 Å². The molecule has 0 amide bonds. The predicted octanol–water partition coefficient (Wildman–Crippen LogP) is -1.26. The fourth-order valence-electron chi connectivity index (χ4n) is 0.389. The average Bonchev–Trinajstić information content (AvgIpc) is 1.80. The molecular weight excluding hydrogens is 152 g/mol. The lowest BCUT2D eigenvalue weighted by Crippen LogP contribution is -2.12. The number of carbonyl (C=O) groups excluding carboxylic acids is 1. The Hall–Kier alpha value is -0.136. The molecule has 3 nitrogen and oxygen atoms in total. The molecule has 0 saturated carbocycles. The quantitative estimate of drug-likeness (QED) is 0.384. The highest BCUT2D eigenvalue weighted by molar-refractivity contribution is 6.33. The Labute approximate surface area is 59.6 Å². The van der Waals surface area contributed by atoms with Crippen molar-refractivity contribution in [3.63, 3.8) is 0 Å². The highest BCUT2D eigenvalue weighted by atomic mass is 28.2. The second kappa shape index (κ2) is 5.99. The molecule has 0 aliphatic carbocycles. The van der Waals surface area contributed by atoms with Crippen LogP contribution < -0.4 is 0 Å². The first-order valence-electron chi connectivity index (χ1n) is 2.98. The van der Waals surface area contributed by atoms with Crippen LogP contribution in [-0.4, -0.2) is 31.7 Å². The van der Waals surface area contributed by atoms with Crippen molar-refractivity contribution in [3.05, 3.63) is 0 Å². The van der Waals surface area contributed by atoms with Gasteiger partial charge < -0.3 is 8.85 Å². The van der Waals surface area contributed by atoms with Gasteiger partial charge in [-0.05, 0) is 0 Å². The molecule has 0 unspecified atom stereocenters. The molecule has 0 spiro atoms. The van der Waals surface area contributed by atoms with E-state index in [9.17, 15) is 4.79 Å². The Morgan fingerprint density at radius 2 is 2.33 bits per heavy atom. The molecule has 0 fully saturated rings. The second-order valence-corrected chi connectivity index (χ2v) is 3.63. The lowest BCUT2D eigenvalue weighted by atomic mass is 10.9. The summed E-state index contributed by atoms with van der Waals surface area (Å²) in [6.45, 7) is 3.48. The Morgan fingerprint density at radius 1 is 1.67 bits per heavy atom. The van der Waals surface area contributed by atoms with Gasteiger partial charge in [-0.2, -0.15) is 0 Å². The summed E-state index contributed by atoms with van der Waals surface area (Å²) in [6.07, 6.45) is 0.697. The maximum Gasteiger partial charge on any atom is 0.289 e. The summed E-state index contributed by atoms with van der Waals surface area (Å²) in [5, 5.41) is 0. The SMILES string of the molecule is C[SiH2]OC[SiH2]OC(C)=O. The Bertz CT molecular complexity index is 85.9. The molecule has 0 rings (SSSR count). The molecule has 0 aromatic carbocycles. The molecule has 0 atom stereocenters. The standard InChI is InChI=1S/C4H12O3Si2/c1-4(5)7-9-3-6-8-2/h3,8-9H2,1-2H3. The van der Waals surface area contributed by atoms with Crippen molar-refractivity contribution in [2.75, 3.05) is 6.23 Å². The zero-order valence-corrected chi connectivity index (χ0v) is 8.67. The first-order valence-corrected chi connectivity index (χ1v) is 6.55. The predicted molar refractivity (Wildman–Crippen MR) is 40.7 cm³/mol. The van der Waals surface area contributed by atoms with Crippen LogP contribution in [0.1, 0.15) is 6.92 Å². The zero-order valence-electron chi connectivity index (χ0n) is 5.85. The van der Waals surface area contributed by atoms with Crippen LogP contribution in [0.5, 0.6) is 0 Å². The van der Waals surface area contributed by atoms with Crippen molar-refractivity contribution < 1.29 is 13.6 Å². The van der Waals surface area contributed by atoms with Crippen LogP contribution in [0.3, 0.4) is 0 Å². The van der Waals surface area contributed by atoms with Crippen molar-refractivity contribution in [2.45, 2.75) is 13.5 Å². The normalized spacial score (nSPS) is 11.8. The maximum atomic E-state index is 10.2. The van der Waals surface area contributed by atoms with Crippen molar-refractivity contribution >= 4 is 25.5 Å². The molecular formula is C4H12O3Si2. The third-order valence-electron chi connectivity index (χ3n) is 0.737. The Kier molecular flexibility index (Phi) is 5.90. The summed E-state index contributed by atoms with van der Waals surface area (Å²) in [7, 11) is -0.972.